The lowest BCUT2D eigenvalue weighted by Crippen LogP contribution is -2.47. The molecule has 6 heteroatoms. The first-order valence-electron chi connectivity index (χ1n) is 8.07. The lowest BCUT2D eigenvalue weighted by molar-refractivity contribution is 0.241. The lowest BCUT2D eigenvalue weighted by Gasteiger charge is -2.44. The maximum absolute atomic E-state index is 4.69. The van der Waals surface area contributed by atoms with E-state index in [0.717, 1.165) is 24.4 Å². The fraction of sp³-hybridized carbons (Fsp3) is 0.800. The third kappa shape index (κ3) is 2.89. The summed E-state index contributed by atoms with van der Waals surface area (Å²) in [6, 6.07) is 0.620. The average molecular weight is 290 g/mol. The molecule has 1 aromatic rings. The van der Waals surface area contributed by atoms with Crippen LogP contribution in [0.15, 0.2) is 0 Å². The summed E-state index contributed by atoms with van der Waals surface area (Å²) in [7, 11) is 5.80. The first-order chi connectivity index (χ1) is 10.2. The number of aromatic nitrogens is 3. The first kappa shape index (κ1) is 14.4. The smallest absolute Gasteiger partial charge is 0.232 e. The second kappa shape index (κ2) is 6.03. The summed E-state index contributed by atoms with van der Waals surface area (Å²) in [6.45, 7) is 1.07. The van der Waals surface area contributed by atoms with Crippen LogP contribution in [-0.2, 0) is 0 Å². The Morgan fingerprint density at radius 1 is 1.05 bits per heavy atom. The maximum atomic E-state index is 4.69. The van der Waals surface area contributed by atoms with E-state index in [2.05, 4.69) is 25.2 Å². The number of nitrogens with zero attached hydrogens (tertiary/aromatic N) is 5. The van der Waals surface area contributed by atoms with Gasteiger partial charge >= 0.3 is 0 Å². The van der Waals surface area contributed by atoms with E-state index in [-0.39, 0.29) is 0 Å². The minimum atomic E-state index is 0.620. The highest BCUT2D eigenvalue weighted by Crippen LogP contribution is 2.37. The van der Waals surface area contributed by atoms with E-state index < -0.39 is 0 Å². The molecule has 21 heavy (non-hydrogen) atoms. The summed E-state index contributed by atoms with van der Waals surface area (Å²) in [4.78, 5) is 18.1. The third-order valence-corrected chi connectivity index (χ3v) is 4.74. The summed E-state index contributed by atoms with van der Waals surface area (Å²) in [5.74, 6) is 3.05. The van der Waals surface area contributed by atoms with Gasteiger partial charge in [-0.1, -0.05) is 12.8 Å². The van der Waals surface area contributed by atoms with Crippen LogP contribution in [0.2, 0.25) is 0 Å². The Bertz CT molecular complexity index is 487. The molecule has 0 aromatic carbocycles. The summed E-state index contributed by atoms with van der Waals surface area (Å²) in [5.41, 5.74) is 0. The standard InChI is InChI=1S/C15H26N6/c1-16-13-17-14(20(2)3)19-15(18-13)21-10-6-8-11-7-4-5-9-12(11)21/h11-12H,4-10H2,1-3H3,(H,16,17,18,19)/t11-,12-/m1/s1. The highest BCUT2D eigenvalue weighted by molar-refractivity contribution is 5.45. The molecule has 2 atom stereocenters. The van der Waals surface area contributed by atoms with Crippen molar-refractivity contribution in [2.75, 3.05) is 42.8 Å². The van der Waals surface area contributed by atoms with Gasteiger partial charge in [0, 0.05) is 33.7 Å². The average Bonchev–Trinajstić information content (AvgIpc) is 2.53. The van der Waals surface area contributed by atoms with Crippen molar-refractivity contribution in [3.05, 3.63) is 0 Å². The predicted molar refractivity (Wildman–Crippen MR) is 86.0 cm³/mol. The summed E-state index contributed by atoms with van der Waals surface area (Å²) in [6.07, 6.45) is 7.98. The molecule has 2 fully saturated rings. The molecule has 0 amide bonds. The van der Waals surface area contributed by atoms with Gasteiger partial charge in [0.1, 0.15) is 0 Å². The molecular weight excluding hydrogens is 264 g/mol. The quantitative estimate of drug-likeness (QED) is 0.920. The zero-order valence-corrected chi connectivity index (χ0v) is 13.3. The number of rotatable bonds is 3. The summed E-state index contributed by atoms with van der Waals surface area (Å²) >= 11 is 0. The van der Waals surface area contributed by atoms with Crippen molar-refractivity contribution in [2.24, 2.45) is 5.92 Å². The minimum Gasteiger partial charge on any atom is -0.357 e. The highest BCUT2D eigenvalue weighted by atomic mass is 15.4. The van der Waals surface area contributed by atoms with Crippen molar-refractivity contribution in [3.63, 3.8) is 0 Å². The SMILES string of the molecule is CNc1nc(N(C)C)nc(N2CCC[C@H]3CCCC[C@H]32)n1. The van der Waals surface area contributed by atoms with E-state index in [1.54, 1.807) is 0 Å². The van der Waals surface area contributed by atoms with E-state index in [9.17, 15) is 0 Å². The molecule has 1 saturated heterocycles. The van der Waals surface area contributed by atoms with E-state index >= 15 is 0 Å². The monoisotopic (exact) mass is 290 g/mol. The van der Waals surface area contributed by atoms with Crippen molar-refractivity contribution < 1.29 is 0 Å². The van der Waals surface area contributed by atoms with Gasteiger partial charge in [-0.3, -0.25) is 0 Å². The number of hydrogen-bond donors (Lipinski definition) is 1. The Morgan fingerprint density at radius 3 is 2.57 bits per heavy atom. The number of anilines is 3. The zero-order valence-electron chi connectivity index (χ0n) is 13.3. The molecular formula is C15H26N6. The van der Waals surface area contributed by atoms with Crippen LogP contribution in [0, 0.1) is 5.92 Å². The van der Waals surface area contributed by atoms with Gasteiger partial charge in [-0.2, -0.15) is 15.0 Å². The molecule has 116 valence electrons. The van der Waals surface area contributed by atoms with Crippen molar-refractivity contribution in [3.8, 4) is 0 Å². The minimum absolute atomic E-state index is 0.620. The van der Waals surface area contributed by atoms with Crippen LogP contribution in [0.4, 0.5) is 17.8 Å². The van der Waals surface area contributed by atoms with Gasteiger partial charge < -0.3 is 15.1 Å². The number of hydrogen-bond acceptors (Lipinski definition) is 6. The fourth-order valence-electron chi connectivity index (χ4n) is 3.67. The third-order valence-electron chi connectivity index (χ3n) is 4.74. The van der Waals surface area contributed by atoms with Crippen molar-refractivity contribution in [1.29, 1.82) is 0 Å². The molecule has 2 heterocycles. The molecule has 1 aliphatic heterocycles. The molecule has 1 aromatic heterocycles. The molecule has 0 spiro atoms. The Balaban J connectivity index is 1.92. The lowest BCUT2D eigenvalue weighted by atomic mass is 9.78. The van der Waals surface area contributed by atoms with Gasteiger partial charge in [-0.25, -0.2) is 0 Å². The number of piperidine rings is 1. The molecule has 2 aliphatic rings. The van der Waals surface area contributed by atoms with Crippen LogP contribution < -0.4 is 15.1 Å². The van der Waals surface area contributed by atoms with Crippen molar-refractivity contribution >= 4 is 17.8 Å². The molecule has 0 radical (unpaired) electrons. The molecule has 3 rings (SSSR count). The Morgan fingerprint density at radius 2 is 1.81 bits per heavy atom. The van der Waals surface area contributed by atoms with Gasteiger partial charge in [-0.15, -0.1) is 0 Å². The Kier molecular flexibility index (Phi) is 4.12. The fourth-order valence-corrected chi connectivity index (χ4v) is 3.67. The van der Waals surface area contributed by atoms with Crippen LogP contribution in [0.1, 0.15) is 38.5 Å². The maximum Gasteiger partial charge on any atom is 0.232 e. The summed E-state index contributed by atoms with van der Waals surface area (Å²) < 4.78 is 0. The Labute approximate surface area is 127 Å². The topological polar surface area (TPSA) is 57.2 Å². The van der Waals surface area contributed by atoms with Gasteiger partial charge in [0.15, 0.2) is 0 Å². The number of fused-ring (bicyclic) bond motifs is 1. The van der Waals surface area contributed by atoms with Crippen LogP contribution in [0.3, 0.4) is 0 Å². The van der Waals surface area contributed by atoms with E-state index in [1.165, 1.54) is 38.5 Å². The van der Waals surface area contributed by atoms with Crippen LogP contribution >= 0.6 is 0 Å². The van der Waals surface area contributed by atoms with E-state index in [1.807, 2.05) is 26.0 Å². The van der Waals surface area contributed by atoms with Crippen molar-refractivity contribution in [1.82, 2.24) is 15.0 Å². The normalized spacial score (nSPS) is 25.4. The van der Waals surface area contributed by atoms with E-state index in [4.69, 9.17) is 0 Å². The molecule has 0 bridgehead atoms. The molecule has 1 aliphatic carbocycles. The van der Waals surface area contributed by atoms with Gasteiger partial charge in [-0.05, 0) is 31.6 Å². The number of nitrogens with one attached hydrogen (secondary N) is 1. The molecule has 6 nitrogen and oxygen atoms in total. The van der Waals surface area contributed by atoms with E-state index in [0.29, 0.717) is 12.0 Å². The first-order valence-corrected chi connectivity index (χ1v) is 8.07. The largest absolute Gasteiger partial charge is 0.357 e. The highest BCUT2D eigenvalue weighted by Gasteiger charge is 2.34. The second-order valence-corrected chi connectivity index (χ2v) is 6.35. The van der Waals surface area contributed by atoms with Gasteiger partial charge in [0.2, 0.25) is 17.8 Å². The molecule has 1 N–H and O–H groups in total. The second-order valence-electron chi connectivity index (χ2n) is 6.35. The van der Waals surface area contributed by atoms with Crippen LogP contribution in [-0.4, -0.2) is 48.7 Å². The van der Waals surface area contributed by atoms with Crippen LogP contribution in [0.25, 0.3) is 0 Å². The zero-order chi connectivity index (χ0) is 14.8. The summed E-state index contributed by atoms with van der Waals surface area (Å²) in [5, 5.41) is 3.06. The van der Waals surface area contributed by atoms with Crippen LogP contribution in [0.5, 0.6) is 0 Å². The predicted octanol–water partition coefficient (Wildman–Crippen LogP) is 2.14. The Hall–Kier alpha value is -1.59. The molecule has 1 saturated carbocycles. The van der Waals surface area contributed by atoms with Gasteiger partial charge in [0.25, 0.3) is 0 Å². The van der Waals surface area contributed by atoms with Crippen molar-refractivity contribution in [2.45, 2.75) is 44.6 Å². The van der Waals surface area contributed by atoms with Gasteiger partial charge in [0.05, 0.1) is 0 Å². The molecule has 0 unspecified atom stereocenters.